The molecule has 2 aromatic carbocycles. The first-order valence-electron chi connectivity index (χ1n) is 12.4. The predicted octanol–water partition coefficient (Wildman–Crippen LogP) is 4.98. The lowest BCUT2D eigenvalue weighted by Crippen LogP contribution is -2.52. The number of nitrogens with one attached hydrogen (secondary N) is 1. The maximum atomic E-state index is 12.0. The highest BCUT2D eigenvalue weighted by atomic mass is 35.5. The lowest BCUT2D eigenvalue weighted by Gasteiger charge is -2.44. The third-order valence-electron chi connectivity index (χ3n) is 6.76. The molecule has 0 spiro atoms. The van der Waals surface area contributed by atoms with Crippen molar-refractivity contribution in [2.75, 3.05) is 11.9 Å². The van der Waals surface area contributed by atoms with Gasteiger partial charge < -0.3 is 24.3 Å². The number of carbonyl (C=O) groups is 2. The van der Waals surface area contributed by atoms with E-state index in [2.05, 4.69) is 11.4 Å². The maximum absolute atomic E-state index is 12.0. The average Bonchev–Trinajstić information content (AvgIpc) is 2.87. The summed E-state index contributed by atoms with van der Waals surface area (Å²) in [5, 5.41) is 13.0. The minimum atomic E-state index is -0.642. The van der Waals surface area contributed by atoms with Gasteiger partial charge in [-0.3, -0.25) is 9.59 Å². The summed E-state index contributed by atoms with van der Waals surface area (Å²) in [5.74, 6) is -0.470. The van der Waals surface area contributed by atoms with Crippen molar-refractivity contribution in [3.05, 3.63) is 58.1 Å². The first-order chi connectivity index (χ1) is 17.7. The number of nitrogens with zero attached hydrogens (tertiary/aromatic N) is 1. The third-order valence-corrected chi connectivity index (χ3v) is 7.13. The Balaban J connectivity index is 1.62. The van der Waals surface area contributed by atoms with Crippen LogP contribution in [0.3, 0.4) is 0 Å². The zero-order chi connectivity index (χ0) is 26.7. The number of fused-ring (bicyclic) bond motifs is 1. The summed E-state index contributed by atoms with van der Waals surface area (Å²) < 4.78 is 23.4. The molecule has 2 unspecified atom stereocenters. The normalized spacial score (nSPS) is 26.6. The molecular weight excluding hydrogens is 496 g/mol. The Morgan fingerprint density at radius 2 is 1.86 bits per heavy atom. The van der Waals surface area contributed by atoms with Gasteiger partial charge in [0.1, 0.15) is 30.1 Å². The van der Waals surface area contributed by atoms with E-state index in [1.54, 1.807) is 0 Å². The van der Waals surface area contributed by atoms with E-state index < -0.39 is 36.4 Å². The average molecular weight is 527 g/mol. The molecule has 196 valence electrons. The topological polar surface area (TPSA) is 107 Å². The van der Waals surface area contributed by atoms with Crippen molar-refractivity contribution in [2.45, 2.75) is 71.1 Å². The van der Waals surface area contributed by atoms with Crippen LogP contribution >= 0.6 is 11.6 Å². The van der Waals surface area contributed by atoms with Crippen LogP contribution in [0.1, 0.15) is 56.9 Å². The van der Waals surface area contributed by atoms with Gasteiger partial charge in [-0.2, -0.15) is 5.26 Å². The van der Waals surface area contributed by atoms with E-state index in [0.717, 1.165) is 22.4 Å². The molecule has 0 amide bonds. The fourth-order valence-corrected chi connectivity index (χ4v) is 5.19. The minimum absolute atomic E-state index is 0.278. The van der Waals surface area contributed by atoms with Gasteiger partial charge in [-0.05, 0) is 47.7 Å². The smallest absolute Gasteiger partial charge is 0.303 e. The molecule has 6 atom stereocenters. The van der Waals surface area contributed by atoms with Crippen LogP contribution in [0.2, 0.25) is 5.02 Å². The highest BCUT2D eigenvalue weighted by Gasteiger charge is 2.47. The molecule has 1 saturated heterocycles. The Bertz CT molecular complexity index is 1210. The monoisotopic (exact) mass is 526 g/mol. The largest absolute Gasteiger partial charge is 0.472 e. The number of rotatable bonds is 6. The van der Waals surface area contributed by atoms with Crippen molar-refractivity contribution in [3.63, 3.8) is 0 Å². The van der Waals surface area contributed by atoms with Crippen molar-refractivity contribution >= 4 is 29.2 Å². The summed E-state index contributed by atoms with van der Waals surface area (Å²) in [6, 6.07) is 13.6. The van der Waals surface area contributed by atoms with E-state index in [1.807, 2.05) is 50.2 Å². The second-order valence-corrected chi connectivity index (χ2v) is 9.89. The number of halogens is 1. The number of ether oxygens (including phenoxy) is 4. The summed E-state index contributed by atoms with van der Waals surface area (Å²) in [5.41, 5.74) is 3.56. The van der Waals surface area contributed by atoms with Crippen LogP contribution in [0.5, 0.6) is 5.75 Å². The van der Waals surface area contributed by atoms with Crippen LogP contribution in [-0.2, 0) is 30.2 Å². The quantitative estimate of drug-likeness (QED) is 0.525. The molecule has 4 rings (SSSR count). The molecule has 0 aliphatic carbocycles. The Morgan fingerprint density at radius 3 is 2.54 bits per heavy atom. The Labute approximate surface area is 221 Å². The zero-order valence-corrected chi connectivity index (χ0v) is 22.1. The van der Waals surface area contributed by atoms with Crippen molar-refractivity contribution in [1.29, 1.82) is 5.26 Å². The highest BCUT2D eigenvalue weighted by Crippen LogP contribution is 2.41. The number of nitriles is 1. The molecule has 2 heterocycles. The molecule has 0 radical (unpaired) electrons. The van der Waals surface area contributed by atoms with E-state index in [-0.39, 0.29) is 12.0 Å². The Morgan fingerprint density at radius 1 is 1.14 bits per heavy atom. The number of benzene rings is 2. The first-order valence-corrected chi connectivity index (χ1v) is 12.8. The summed E-state index contributed by atoms with van der Waals surface area (Å²) in [4.78, 5) is 23.7. The molecule has 0 aromatic heterocycles. The van der Waals surface area contributed by atoms with Gasteiger partial charge in [-0.1, -0.05) is 43.6 Å². The van der Waals surface area contributed by atoms with E-state index in [1.165, 1.54) is 13.8 Å². The van der Waals surface area contributed by atoms with E-state index >= 15 is 0 Å². The predicted molar refractivity (Wildman–Crippen MR) is 137 cm³/mol. The van der Waals surface area contributed by atoms with E-state index in [9.17, 15) is 9.59 Å². The van der Waals surface area contributed by atoms with Gasteiger partial charge in [0.15, 0.2) is 0 Å². The lowest BCUT2D eigenvalue weighted by molar-refractivity contribution is -0.223. The summed E-state index contributed by atoms with van der Waals surface area (Å²) in [6.45, 7) is 7.02. The fraction of sp³-hybridized carbons (Fsp3) is 0.464. The van der Waals surface area contributed by atoms with Crippen LogP contribution in [0.15, 0.2) is 36.4 Å². The van der Waals surface area contributed by atoms with E-state index in [0.29, 0.717) is 30.2 Å². The zero-order valence-electron chi connectivity index (χ0n) is 21.3. The Kier molecular flexibility index (Phi) is 8.25. The number of carbonyl (C=O) groups excluding carboxylic acids is 2. The van der Waals surface area contributed by atoms with Crippen molar-refractivity contribution < 1.29 is 28.5 Å². The summed E-state index contributed by atoms with van der Waals surface area (Å²) >= 11 is 6.59. The first kappa shape index (κ1) is 26.8. The fourth-order valence-electron chi connectivity index (χ4n) is 5.00. The van der Waals surface area contributed by atoms with Crippen LogP contribution < -0.4 is 10.1 Å². The van der Waals surface area contributed by atoms with Crippen molar-refractivity contribution in [1.82, 2.24) is 0 Å². The second kappa shape index (κ2) is 11.4. The van der Waals surface area contributed by atoms with Gasteiger partial charge in [0.05, 0.1) is 18.3 Å². The maximum Gasteiger partial charge on any atom is 0.303 e. The Hall–Kier alpha value is -3.28. The molecule has 2 aliphatic rings. The number of hydrogen-bond acceptors (Lipinski definition) is 8. The third kappa shape index (κ3) is 6.00. The molecular formula is C28H31ClN2O6. The number of hydrogen-bond donors (Lipinski definition) is 1. The molecule has 8 nitrogen and oxygen atoms in total. The molecule has 2 aliphatic heterocycles. The van der Waals surface area contributed by atoms with Crippen molar-refractivity contribution in [2.24, 2.45) is 5.92 Å². The van der Waals surface area contributed by atoms with Crippen LogP contribution in [-0.4, -0.2) is 42.9 Å². The van der Waals surface area contributed by atoms with Crippen LogP contribution in [0.4, 0.5) is 5.69 Å². The van der Waals surface area contributed by atoms with Crippen LogP contribution in [0, 0.1) is 17.2 Å². The SMILES string of the molecule is CC[C@H]1O[C@@H](c2ccc(Cl)c(Cc3ccc4c(c3)NCC(C#N)O4)c2)[C@H](OC(C)=O)[C@@H](C)C1OC(C)=O. The second-order valence-electron chi connectivity index (χ2n) is 9.49. The molecule has 0 bridgehead atoms. The molecule has 9 heteroatoms. The van der Waals surface area contributed by atoms with Gasteiger partial charge >= 0.3 is 11.9 Å². The molecule has 0 saturated carbocycles. The van der Waals surface area contributed by atoms with Gasteiger partial charge in [0.2, 0.25) is 6.10 Å². The molecule has 37 heavy (non-hydrogen) atoms. The van der Waals surface area contributed by atoms with Crippen LogP contribution in [0.25, 0.3) is 0 Å². The number of anilines is 1. The highest BCUT2D eigenvalue weighted by molar-refractivity contribution is 6.31. The molecule has 1 fully saturated rings. The van der Waals surface area contributed by atoms with Crippen molar-refractivity contribution in [3.8, 4) is 11.8 Å². The van der Waals surface area contributed by atoms with Gasteiger partial charge in [-0.15, -0.1) is 0 Å². The van der Waals surface area contributed by atoms with Gasteiger partial charge in [0, 0.05) is 24.8 Å². The molecule has 2 aromatic rings. The summed E-state index contributed by atoms with van der Waals surface area (Å²) in [7, 11) is 0. The van der Waals surface area contributed by atoms with E-state index in [4.69, 9.17) is 35.8 Å². The standard InChI is InChI=1S/C28H31ClN2O6/c1-5-24-26(34-16(3)32)15(2)27(35-17(4)33)28(37-24)19-7-8-22(29)20(12-19)10-18-6-9-25-23(11-18)31-14-21(13-30)36-25/h6-9,11-12,15,21,24,26-28,31H,5,10,14H2,1-4H3/t15-,21?,24+,26?,27+,28-/m0/s1. The lowest BCUT2D eigenvalue weighted by atomic mass is 9.83. The molecule has 1 N–H and O–H groups in total. The minimum Gasteiger partial charge on any atom is -0.472 e. The van der Waals surface area contributed by atoms with Gasteiger partial charge in [-0.25, -0.2) is 0 Å². The van der Waals surface area contributed by atoms with Gasteiger partial charge in [0.25, 0.3) is 0 Å². The number of esters is 2. The summed E-state index contributed by atoms with van der Waals surface area (Å²) in [6.07, 6.45) is -1.40.